The smallest absolute Gasteiger partial charge is 0.242 e. The van der Waals surface area contributed by atoms with E-state index in [-0.39, 0.29) is 43.8 Å². The summed E-state index contributed by atoms with van der Waals surface area (Å²) in [5, 5.41) is 3.37. The van der Waals surface area contributed by atoms with E-state index < -0.39 is 16.1 Å². The van der Waals surface area contributed by atoms with E-state index in [1.54, 1.807) is 36.1 Å². The highest BCUT2D eigenvalue weighted by Crippen LogP contribution is 2.23. The number of anilines is 1. The van der Waals surface area contributed by atoms with Gasteiger partial charge in [-0.2, -0.15) is 0 Å². The monoisotopic (exact) mass is 585 g/mol. The average molecular weight is 587 g/mol. The van der Waals surface area contributed by atoms with Crippen molar-refractivity contribution in [3.63, 3.8) is 0 Å². The third-order valence-electron chi connectivity index (χ3n) is 5.66. The van der Waals surface area contributed by atoms with E-state index in [0.29, 0.717) is 10.7 Å². The summed E-state index contributed by atoms with van der Waals surface area (Å²) in [6.07, 6.45) is 2.27. The lowest BCUT2D eigenvalue weighted by atomic mass is 10.1. The molecule has 2 unspecified atom stereocenters. The van der Waals surface area contributed by atoms with E-state index in [4.69, 9.17) is 11.6 Å². The highest BCUT2D eigenvalue weighted by molar-refractivity contribution is 9.10. The van der Waals surface area contributed by atoms with Crippen molar-refractivity contribution in [2.24, 2.45) is 0 Å². The predicted molar refractivity (Wildman–Crippen MR) is 145 cm³/mol. The van der Waals surface area contributed by atoms with Gasteiger partial charge < -0.3 is 10.2 Å². The first-order valence-electron chi connectivity index (χ1n) is 11.5. The van der Waals surface area contributed by atoms with Gasteiger partial charge in [0.05, 0.1) is 11.9 Å². The first kappa shape index (κ1) is 29.1. The van der Waals surface area contributed by atoms with Crippen molar-refractivity contribution < 1.29 is 18.0 Å². The van der Waals surface area contributed by atoms with Gasteiger partial charge >= 0.3 is 0 Å². The van der Waals surface area contributed by atoms with Crippen molar-refractivity contribution in [1.82, 2.24) is 10.2 Å². The Bertz CT molecular complexity index is 1130. The molecule has 7 nitrogen and oxygen atoms in total. The van der Waals surface area contributed by atoms with Crippen LogP contribution in [0.4, 0.5) is 5.69 Å². The van der Waals surface area contributed by atoms with Gasteiger partial charge in [0.2, 0.25) is 21.8 Å². The molecule has 0 saturated heterocycles. The second-order valence-electron chi connectivity index (χ2n) is 8.56. The normalized spacial score (nSPS) is 13.1. The molecule has 2 aromatic rings. The molecule has 0 spiro atoms. The van der Waals surface area contributed by atoms with Crippen LogP contribution in [0, 0.1) is 0 Å². The summed E-state index contributed by atoms with van der Waals surface area (Å²) < 4.78 is 26.9. The number of carbonyl (C=O) groups is 2. The zero-order valence-corrected chi connectivity index (χ0v) is 23.7. The van der Waals surface area contributed by atoms with Crippen LogP contribution in [0.15, 0.2) is 53.0 Å². The Labute approximate surface area is 222 Å². The molecule has 0 radical (unpaired) electrons. The van der Waals surface area contributed by atoms with Crippen molar-refractivity contribution in [2.75, 3.05) is 17.1 Å². The fourth-order valence-electron chi connectivity index (χ4n) is 3.52. The topological polar surface area (TPSA) is 86.8 Å². The molecule has 10 heteroatoms. The van der Waals surface area contributed by atoms with Crippen LogP contribution in [-0.2, 0) is 26.2 Å². The van der Waals surface area contributed by atoms with E-state index in [9.17, 15) is 18.0 Å². The lowest BCUT2D eigenvalue weighted by Gasteiger charge is -2.30. The van der Waals surface area contributed by atoms with Gasteiger partial charge in [-0.3, -0.25) is 13.9 Å². The van der Waals surface area contributed by atoms with Crippen LogP contribution in [0.3, 0.4) is 0 Å². The number of nitrogens with one attached hydrogen (secondary N) is 1. The number of sulfonamides is 1. The predicted octanol–water partition coefficient (Wildman–Crippen LogP) is 4.98. The number of rotatable bonds is 12. The maximum atomic E-state index is 13.3. The summed E-state index contributed by atoms with van der Waals surface area (Å²) in [6.45, 7) is 5.98. The molecule has 0 heterocycles. The van der Waals surface area contributed by atoms with E-state index in [1.807, 2.05) is 38.1 Å². The Kier molecular flexibility index (Phi) is 11.0. The van der Waals surface area contributed by atoms with Crippen LogP contribution < -0.4 is 9.62 Å². The number of hydrogen-bond acceptors (Lipinski definition) is 4. The second kappa shape index (κ2) is 13.3. The molecule has 0 aromatic heterocycles. The Morgan fingerprint density at radius 3 is 2.40 bits per heavy atom. The maximum absolute atomic E-state index is 13.3. The Morgan fingerprint density at radius 2 is 1.80 bits per heavy atom. The molecular formula is C25H33BrClN3O4S. The minimum Gasteiger partial charge on any atom is -0.352 e. The average Bonchev–Trinajstić information content (AvgIpc) is 2.78. The maximum Gasteiger partial charge on any atom is 0.242 e. The molecule has 0 aliphatic heterocycles. The van der Waals surface area contributed by atoms with E-state index in [2.05, 4.69) is 21.2 Å². The molecule has 35 heavy (non-hydrogen) atoms. The zero-order chi connectivity index (χ0) is 26.2. The first-order valence-corrected chi connectivity index (χ1v) is 14.5. The molecule has 0 fully saturated rings. The van der Waals surface area contributed by atoms with Gasteiger partial charge in [0.1, 0.15) is 6.04 Å². The van der Waals surface area contributed by atoms with Gasteiger partial charge in [-0.25, -0.2) is 8.42 Å². The summed E-state index contributed by atoms with van der Waals surface area (Å²) in [4.78, 5) is 27.7. The van der Waals surface area contributed by atoms with Crippen LogP contribution >= 0.6 is 27.5 Å². The third-order valence-corrected chi connectivity index (χ3v) is 7.58. The van der Waals surface area contributed by atoms with Gasteiger partial charge in [-0.1, -0.05) is 52.7 Å². The number of amides is 2. The summed E-state index contributed by atoms with van der Waals surface area (Å²) >= 11 is 9.49. The van der Waals surface area contributed by atoms with Crippen LogP contribution in [-0.4, -0.2) is 50.0 Å². The zero-order valence-electron chi connectivity index (χ0n) is 20.5. The lowest BCUT2D eigenvalue weighted by Crippen LogP contribution is -2.49. The molecule has 0 aliphatic carbocycles. The first-order chi connectivity index (χ1) is 16.4. The number of nitrogens with zero attached hydrogens (tertiary/aromatic N) is 2. The summed E-state index contributed by atoms with van der Waals surface area (Å²) in [5.74, 6) is -0.448. The van der Waals surface area contributed by atoms with E-state index in [0.717, 1.165) is 22.7 Å². The van der Waals surface area contributed by atoms with Crippen molar-refractivity contribution in [1.29, 1.82) is 0 Å². The molecule has 192 valence electrons. The van der Waals surface area contributed by atoms with Gasteiger partial charge in [-0.05, 0) is 62.6 Å². The largest absolute Gasteiger partial charge is 0.352 e. The second-order valence-corrected chi connectivity index (χ2v) is 11.8. The molecule has 1 N–H and O–H groups in total. The van der Waals surface area contributed by atoms with Crippen LogP contribution in [0.5, 0.6) is 0 Å². The standard InChI is InChI=1S/C25H33BrClN3O4S/c1-5-18(2)28-25(32)19(3)29(17-20-9-6-10-21(26)15-20)24(31)13-8-14-30(35(4,33)34)23-12-7-11-22(27)16-23/h6-7,9-12,15-16,18-19H,5,8,13-14,17H2,1-4H3,(H,28,32). The minimum atomic E-state index is -3.57. The fraction of sp³-hybridized carbons (Fsp3) is 0.440. The van der Waals surface area contributed by atoms with Crippen LogP contribution in [0.2, 0.25) is 5.02 Å². The van der Waals surface area contributed by atoms with Crippen molar-refractivity contribution in [3.05, 3.63) is 63.6 Å². The Morgan fingerprint density at radius 1 is 1.11 bits per heavy atom. The van der Waals surface area contributed by atoms with Gasteiger partial charge in [0.15, 0.2) is 0 Å². The van der Waals surface area contributed by atoms with Crippen LogP contribution in [0.1, 0.15) is 45.6 Å². The number of benzene rings is 2. The molecule has 0 aliphatic rings. The molecule has 2 aromatic carbocycles. The molecule has 0 bridgehead atoms. The quantitative estimate of drug-likeness (QED) is 0.380. The van der Waals surface area contributed by atoms with Crippen LogP contribution in [0.25, 0.3) is 0 Å². The van der Waals surface area contributed by atoms with Gasteiger partial charge in [-0.15, -0.1) is 0 Å². The minimum absolute atomic E-state index is 0.00575. The number of halogens is 2. The summed E-state index contributed by atoms with van der Waals surface area (Å²) in [7, 11) is -3.57. The summed E-state index contributed by atoms with van der Waals surface area (Å²) in [5.41, 5.74) is 1.33. The van der Waals surface area contributed by atoms with Gasteiger partial charge in [0.25, 0.3) is 0 Å². The Balaban J connectivity index is 2.17. The molecule has 2 amide bonds. The third kappa shape index (κ3) is 9.13. The van der Waals surface area contributed by atoms with Crippen molar-refractivity contribution in [2.45, 2.75) is 58.7 Å². The van der Waals surface area contributed by atoms with E-state index >= 15 is 0 Å². The lowest BCUT2D eigenvalue weighted by molar-refractivity contribution is -0.140. The Hall–Kier alpha value is -2.10. The van der Waals surface area contributed by atoms with Crippen molar-refractivity contribution in [3.8, 4) is 0 Å². The fourth-order valence-corrected chi connectivity index (χ4v) is 5.10. The highest BCUT2D eigenvalue weighted by atomic mass is 79.9. The molecule has 2 atom stereocenters. The van der Waals surface area contributed by atoms with Crippen molar-refractivity contribution >= 4 is 55.1 Å². The van der Waals surface area contributed by atoms with Gasteiger partial charge in [0, 0.05) is 35.0 Å². The SMILES string of the molecule is CCC(C)NC(=O)C(C)N(Cc1cccc(Br)c1)C(=O)CCCN(c1cccc(Cl)c1)S(C)(=O)=O. The molecule has 0 saturated carbocycles. The number of carbonyl (C=O) groups excluding carboxylic acids is 2. The summed E-state index contributed by atoms with van der Waals surface area (Å²) in [6, 6.07) is 13.5. The molecule has 2 rings (SSSR count). The van der Waals surface area contributed by atoms with E-state index in [1.165, 1.54) is 4.31 Å². The number of hydrogen-bond donors (Lipinski definition) is 1. The molecular weight excluding hydrogens is 554 g/mol. The highest BCUT2D eigenvalue weighted by Gasteiger charge is 2.27.